The number of methoxy groups -OCH3 is 2. The largest absolute Gasteiger partial charge is 0.493 e. The molecule has 0 spiro atoms. The van der Waals surface area contributed by atoms with Crippen molar-refractivity contribution in [3.8, 4) is 11.5 Å². The average Bonchev–Trinajstić information content (AvgIpc) is 2.66. The third kappa shape index (κ3) is 3.69. The Hall–Kier alpha value is -2.50. The molecule has 0 amide bonds. The molecule has 0 saturated carbocycles. The van der Waals surface area contributed by atoms with E-state index < -0.39 is 0 Å². The molecule has 2 heterocycles. The van der Waals surface area contributed by atoms with E-state index in [9.17, 15) is 0 Å². The molecule has 1 aliphatic rings. The maximum Gasteiger partial charge on any atom is 0.161 e. The zero-order chi connectivity index (χ0) is 18.7. The van der Waals surface area contributed by atoms with E-state index in [1.54, 1.807) is 14.2 Å². The first-order valence-electron chi connectivity index (χ1n) is 9.17. The van der Waals surface area contributed by atoms with Crippen molar-refractivity contribution in [1.82, 2.24) is 9.97 Å². The molecule has 0 bridgehead atoms. The molecule has 1 aromatic heterocycles. The molecule has 2 aromatic rings. The van der Waals surface area contributed by atoms with Crippen molar-refractivity contribution in [1.29, 1.82) is 0 Å². The molecule has 0 unspecified atom stereocenters. The van der Waals surface area contributed by atoms with Gasteiger partial charge in [-0.1, -0.05) is 13.8 Å². The Kier molecular flexibility index (Phi) is 5.49. The van der Waals surface area contributed by atoms with Crippen LogP contribution in [0.1, 0.15) is 43.6 Å². The first-order valence-corrected chi connectivity index (χ1v) is 9.17. The third-order valence-electron chi connectivity index (χ3n) is 4.65. The van der Waals surface area contributed by atoms with Gasteiger partial charge >= 0.3 is 0 Å². The minimum absolute atomic E-state index is 0.286. The first-order chi connectivity index (χ1) is 12.5. The molecule has 26 heavy (non-hydrogen) atoms. The number of nitrogens with zero attached hydrogens (tertiary/aromatic N) is 3. The van der Waals surface area contributed by atoms with E-state index in [2.05, 4.69) is 48.1 Å². The van der Waals surface area contributed by atoms with Crippen LogP contribution in [-0.4, -0.2) is 37.3 Å². The summed E-state index contributed by atoms with van der Waals surface area (Å²) in [7, 11) is 3.35. The number of benzene rings is 1. The number of fused-ring (bicyclic) bond motifs is 1. The van der Waals surface area contributed by atoms with Crippen molar-refractivity contribution < 1.29 is 9.47 Å². The lowest BCUT2D eigenvalue weighted by Crippen LogP contribution is -2.31. The molecule has 1 aliphatic heterocycles. The Balaban J connectivity index is 1.93. The summed E-state index contributed by atoms with van der Waals surface area (Å²) in [6.45, 7) is 8.88. The molecule has 6 nitrogen and oxygen atoms in total. The molecular formula is C20H28N4O2. The van der Waals surface area contributed by atoms with Crippen LogP contribution in [0.25, 0.3) is 0 Å². The van der Waals surface area contributed by atoms with Crippen molar-refractivity contribution in [2.24, 2.45) is 0 Å². The van der Waals surface area contributed by atoms with Crippen LogP contribution in [0.5, 0.6) is 11.5 Å². The highest BCUT2D eigenvalue weighted by molar-refractivity contribution is 5.54. The van der Waals surface area contributed by atoms with E-state index in [-0.39, 0.29) is 5.92 Å². The minimum atomic E-state index is 0.286. The monoisotopic (exact) mass is 356 g/mol. The van der Waals surface area contributed by atoms with Gasteiger partial charge in [-0.2, -0.15) is 0 Å². The number of hydrogen-bond acceptors (Lipinski definition) is 6. The number of aromatic nitrogens is 2. The summed E-state index contributed by atoms with van der Waals surface area (Å²) < 4.78 is 10.9. The van der Waals surface area contributed by atoms with Crippen LogP contribution < -0.4 is 19.7 Å². The third-order valence-corrected chi connectivity index (χ3v) is 4.65. The van der Waals surface area contributed by atoms with Crippen LogP contribution in [0.3, 0.4) is 0 Å². The number of ether oxygens (including phenoxy) is 2. The van der Waals surface area contributed by atoms with E-state index in [1.165, 1.54) is 11.1 Å². The van der Waals surface area contributed by atoms with Crippen molar-refractivity contribution in [3.05, 3.63) is 35.2 Å². The van der Waals surface area contributed by atoms with Crippen molar-refractivity contribution >= 4 is 11.6 Å². The first kappa shape index (κ1) is 18.3. The van der Waals surface area contributed by atoms with Gasteiger partial charge in [0.05, 0.1) is 14.2 Å². The van der Waals surface area contributed by atoms with Crippen molar-refractivity contribution in [3.63, 3.8) is 0 Å². The maximum atomic E-state index is 5.47. The van der Waals surface area contributed by atoms with E-state index >= 15 is 0 Å². The van der Waals surface area contributed by atoms with Gasteiger partial charge in [0.25, 0.3) is 0 Å². The van der Waals surface area contributed by atoms with E-state index in [0.717, 1.165) is 55.0 Å². The average molecular weight is 356 g/mol. The van der Waals surface area contributed by atoms with E-state index in [0.29, 0.717) is 0 Å². The smallest absolute Gasteiger partial charge is 0.161 e. The predicted octanol–water partition coefficient (Wildman–Crippen LogP) is 3.61. The second-order valence-electron chi connectivity index (χ2n) is 6.80. The van der Waals surface area contributed by atoms with E-state index in [1.807, 2.05) is 6.07 Å². The number of anilines is 2. The fraction of sp³-hybridized carbons (Fsp3) is 0.500. The van der Waals surface area contributed by atoms with Crippen LogP contribution in [0.2, 0.25) is 0 Å². The molecule has 140 valence electrons. The second kappa shape index (κ2) is 7.81. The Bertz CT molecular complexity index is 777. The fourth-order valence-corrected chi connectivity index (χ4v) is 3.22. The number of nitrogens with one attached hydrogen (secondary N) is 1. The SMILES string of the molecule is CCNc1cc(N2CCc3cc(OC)c(OC)cc3C2)nc(C(C)C)n1. The molecule has 6 heteroatoms. The van der Waals surface area contributed by atoms with Gasteiger partial charge in [0, 0.05) is 31.6 Å². The van der Waals surface area contributed by atoms with Crippen molar-refractivity contribution in [2.45, 2.75) is 39.7 Å². The summed E-state index contributed by atoms with van der Waals surface area (Å²) >= 11 is 0. The Morgan fingerprint density at radius 1 is 1.08 bits per heavy atom. The summed E-state index contributed by atoms with van der Waals surface area (Å²) in [5, 5.41) is 3.32. The molecule has 3 rings (SSSR count). The van der Waals surface area contributed by atoms with Crippen LogP contribution >= 0.6 is 0 Å². The molecule has 1 aromatic carbocycles. The number of rotatable bonds is 6. The highest BCUT2D eigenvalue weighted by Gasteiger charge is 2.21. The molecule has 0 fully saturated rings. The Morgan fingerprint density at radius 3 is 2.38 bits per heavy atom. The molecule has 1 N–H and O–H groups in total. The highest BCUT2D eigenvalue weighted by atomic mass is 16.5. The van der Waals surface area contributed by atoms with Gasteiger partial charge < -0.3 is 19.7 Å². The zero-order valence-corrected chi connectivity index (χ0v) is 16.3. The van der Waals surface area contributed by atoms with Gasteiger partial charge in [0.2, 0.25) is 0 Å². The Labute approximate surface area is 155 Å². The van der Waals surface area contributed by atoms with Gasteiger partial charge in [-0.25, -0.2) is 9.97 Å². The lowest BCUT2D eigenvalue weighted by molar-refractivity contribution is 0.353. The van der Waals surface area contributed by atoms with Gasteiger partial charge in [-0.05, 0) is 36.6 Å². The maximum absolute atomic E-state index is 5.47. The predicted molar refractivity (Wildman–Crippen MR) is 105 cm³/mol. The van der Waals surface area contributed by atoms with Gasteiger partial charge in [-0.3, -0.25) is 0 Å². The van der Waals surface area contributed by atoms with Crippen LogP contribution in [0.15, 0.2) is 18.2 Å². The summed E-state index contributed by atoms with van der Waals surface area (Å²) in [4.78, 5) is 11.7. The molecule has 0 saturated heterocycles. The lowest BCUT2D eigenvalue weighted by atomic mass is 9.99. The fourth-order valence-electron chi connectivity index (χ4n) is 3.22. The van der Waals surface area contributed by atoms with Crippen LogP contribution in [-0.2, 0) is 13.0 Å². The summed E-state index contributed by atoms with van der Waals surface area (Å²) in [5.74, 6) is 4.58. The summed E-state index contributed by atoms with van der Waals surface area (Å²) in [6.07, 6.45) is 0.952. The summed E-state index contributed by atoms with van der Waals surface area (Å²) in [6, 6.07) is 6.21. The molecule has 0 radical (unpaired) electrons. The van der Waals surface area contributed by atoms with Gasteiger partial charge in [0.1, 0.15) is 17.5 Å². The highest BCUT2D eigenvalue weighted by Crippen LogP contribution is 2.34. The molecule has 0 atom stereocenters. The molecular weight excluding hydrogens is 328 g/mol. The standard InChI is InChI=1S/C20H28N4O2/c1-6-21-18-11-19(23-20(22-18)13(2)3)24-8-7-14-9-16(25-4)17(26-5)10-15(14)12-24/h9-11,13H,6-8,12H2,1-5H3,(H,21,22,23). The van der Waals surface area contributed by atoms with E-state index in [4.69, 9.17) is 14.5 Å². The molecule has 0 aliphatic carbocycles. The van der Waals surface area contributed by atoms with Gasteiger partial charge in [-0.15, -0.1) is 0 Å². The lowest BCUT2D eigenvalue weighted by Gasteiger charge is -2.31. The topological polar surface area (TPSA) is 59.5 Å². The van der Waals surface area contributed by atoms with Crippen LogP contribution in [0.4, 0.5) is 11.6 Å². The Morgan fingerprint density at radius 2 is 1.77 bits per heavy atom. The van der Waals surface area contributed by atoms with Crippen molar-refractivity contribution in [2.75, 3.05) is 37.5 Å². The minimum Gasteiger partial charge on any atom is -0.493 e. The number of hydrogen-bond donors (Lipinski definition) is 1. The normalized spacial score (nSPS) is 13.5. The summed E-state index contributed by atoms with van der Waals surface area (Å²) in [5.41, 5.74) is 2.56. The second-order valence-corrected chi connectivity index (χ2v) is 6.80. The van der Waals surface area contributed by atoms with Gasteiger partial charge in [0.15, 0.2) is 11.5 Å². The zero-order valence-electron chi connectivity index (χ0n) is 16.3. The quantitative estimate of drug-likeness (QED) is 0.853. The van der Waals surface area contributed by atoms with Crippen LogP contribution in [0, 0.1) is 0 Å².